The molecule has 5 nitrogen and oxygen atoms in total. The lowest BCUT2D eigenvalue weighted by Crippen LogP contribution is -2.29. The second-order valence-corrected chi connectivity index (χ2v) is 7.32. The van der Waals surface area contributed by atoms with Crippen LogP contribution in [0, 0.1) is 5.92 Å². The number of amides is 2. The first-order chi connectivity index (χ1) is 13.0. The van der Waals surface area contributed by atoms with E-state index in [0.29, 0.717) is 23.7 Å². The summed E-state index contributed by atoms with van der Waals surface area (Å²) in [5, 5.41) is 3.22. The van der Waals surface area contributed by atoms with Gasteiger partial charge in [0.25, 0.3) is 11.8 Å². The molecule has 1 aliphatic carbocycles. The number of fused-ring (bicyclic) bond motifs is 1. The maximum absolute atomic E-state index is 12.9. The van der Waals surface area contributed by atoms with E-state index in [-0.39, 0.29) is 11.8 Å². The third kappa shape index (κ3) is 2.89. The van der Waals surface area contributed by atoms with Crippen LogP contribution in [-0.4, -0.2) is 28.3 Å². The van der Waals surface area contributed by atoms with Crippen molar-refractivity contribution < 1.29 is 9.59 Å². The van der Waals surface area contributed by atoms with Gasteiger partial charge < -0.3 is 9.88 Å². The summed E-state index contributed by atoms with van der Waals surface area (Å²) in [5.41, 5.74) is 5.04. The van der Waals surface area contributed by atoms with Crippen molar-refractivity contribution in [2.24, 2.45) is 13.0 Å². The lowest BCUT2D eigenvalue weighted by atomic mass is 9.90. The Bertz CT molecular complexity index is 982. The van der Waals surface area contributed by atoms with Crippen LogP contribution in [0.1, 0.15) is 29.3 Å². The SMILES string of the molecule is CC1C=Cc2c(c(C3=C(NCc4ccccc4)C(=O)N(C)C3=O)cn2C)C1. The normalized spacial score (nSPS) is 19.1. The first-order valence-electron chi connectivity index (χ1n) is 9.18. The molecule has 0 saturated carbocycles. The Morgan fingerprint density at radius 2 is 1.85 bits per heavy atom. The molecule has 0 bridgehead atoms. The molecule has 138 valence electrons. The minimum absolute atomic E-state index is 0.244. The molecule has 1 unspecified atom stereocenters. The predicted octanol–water partition coefficient (Wildman–Crippen LogP) is 2.73. The smallest absolute Gasteiger partial charge is 0.277 e. The van der Waals surface area contributed by atoms with Crippen LogP contribution in [0.3, 0.4) is 0 Å². The third-order valence-corrected chi connectivity index (χ3v) is 5.31. The van der Waals surface area contributed by atoms with Crippen LogP contribution in [0.15, 0.2) is 48.3 Å². The van der Waals surface area contributed by atoms with Crippen LogP contribution >= 0.6 is 0 Å². The lowest BCUT2D eigenvalue weighted by Gasteiger charge is -2.15. The Morgan fingerprint density at radius 1 is 1.11 bits per heavy atom. The van der Waals surface area contributed by atoms with Crippen molar-refractivity contribution in [3.8, 4) is 0 Å². The third-order valence-electron chi connectivity index (χ3n) is 5.31. The van der Waals surface area contributed by atoms with Crippen molar-refractivity contribution >= 4 is 23.5 Å². The van der Waals surface area contributed by atoms with Gasteiger partial charge in [0.05, 0.1) is 5.57 Å². The average molecular weight is 361 g/mol. The lowest BCUT2D eigenvalue weighted by molar-refractivity contribution is -0.135. The zero-order chi connectivity index (χ0) is 19.1. The highest BCUT2D eigenvalue weighted by atomic mass is 16.2. The zero-order valence-electron chi connectivity index (χ0n) is 15.8. The van der Waals surface area contributed by atoms with E-state index in [2.05, 4.69) is 24.4 Å². The number of rotatable bonds is 4. The maximum Gasteiger partial charge on any atom is 0.277 e. The number of imide groups is 1. The number of nitrogens with zero attached hydrogens (tertiary/aromatic N) is 2. The van der Waals surface area contributed by atoms with Crippen LogP contribution in [0.25, 0.3) is 11.6 Å². The molecule has 0 radical (unpaired) electrons. The molecule has 4 rings (SSSR count). The summed E-state index contributed by atoms with van der Waals surface area (Å²) in [6.07, 6.45) is 7.12. The van der Waals surface area contributed by atoms with E-state index in [1.165, 1.54) is 4.90 Å². The summed E-state index contributed by atoms with van der Waals surface area (Å²) in [4.78, 5) is 26.8. The van der Waals surface area contributed by atoms with Crippen molar-refractivity contribution in [2.75, 3.05) is 7.05 Å². The van der Waals surface area contributed by atoms with Gasteiger partial charge in [-0.1, -0.05) is 43.3 Å². The number of benzene rings is 1. The molecule has 2 heterocycles. The highest BCUT2D eigenvalue weighted by molar-refractivity contribution is 6.35. The number of nitrogens with one attached hydrogen (secondary N) is 1. The standard InChI is InChI=1S/C22H23N3O2/c1-14-9-10-18-16(11-14)17(13-24(18)2)19-20(22(27)25(3)21(19)26)23-12-15-7-5-4-6-8-15/h4-10,13-14,23H,11-12H2,1-3H3. The molecule has 1 aromatic carbocycles. The van der Waals surface area contributed by atoms with Gasteiger partial charge in [0, 0.05) is 38.1 Å². The zero-order valence-corrected chi connectivity index (χ0v) is 15.8. The minimum atomic E-state index is -0.275. The fraction of sp³-hybridized carbons (Fsp3) is 0.273. The molecule has 27 heavy (non-hydrogen) atoms. The van der Waals surface area contributed by atoms with Gasteiger partial charge in [-0.2, -0.15) is 0 Å². The van der Waals surface area contributed by atoms with Crippen molar-refractivity contribution in [3.05, 3.63) is 70.7 Å². The molecule has 5 heteroatoms. The van der Waals surface area contributed by atoms with E-state index in [4.69, 9.17) is 0 Å². The Labute approximate surface area is 159 Å². The minimum Gasteiger partial charge on any atom is -0.376 e. The molecule has 2 aliphatic rings. The van der Waals surface area contributed by atoms with Crippen LogP contribution in [0.4, 0.5) is 0 Å². The second-order valence-electron chi connectivity index (χ2n) is 7.32. The molecular formula is C22H23N3O2. The summed E-state index contributed by atoms with van der Waals surface area (Å²) in [6, 6.07) is 9.87. The van der Waals surface area contributed by atoms with Crippen molar-refractivity contribution in [1.29, 1.82) is 0 Å². The Kier molecular flexibility index (Phi) is 4.22. The molecule has 0 fully saturated rings. The van der Waals surface area contributed by atoms with E-state index in [1.54, 1.807) is 7.05 Å². The quantitative estimate of drug-likeness (QED) is 0.852. The number of hydrogen-bond acceptors (Lipinski definition) is 3. The second kappa shape index (κ2) is 6.58. The monoisotopic (exact) mass is 361 g/mol. The van der Waals surface area contributed by atoms with Crippen LogP contribution in [-0.2, 0) is 29.6 Å². The summed E-state index contributed by atoms with van der Waals surface area (Å²) >= 11 is 0. The van der Waals surface area contributed by atoms with Gasteiger partial charge in [0.1, 0.15) is 5.70 Å². The van der Waals surface area contributed by atoms with Gasteiger partial charge in [-0.05, 0) is 29.5 Å². The van der Waals surface area contributed by atoms with Gasteiger partial charge in [0.2, 0.25) is 0 Å². The number of carbonyl (C=O) groups excluding carboxylic acids is 2. The topological polar surface area (TPSA) is 54.3 Å². The highest BCUT2D eigenvalue weighted by Gasteiger charge is 2.38. The molecule has 1 aromatic heterocycles. The summed E-state index contributed by atoms with van der Waals surface area (Å²) < 4.78 is 2.03. The maximum atomic E-state index is 12.9. The van der Waals surface area contributed by atoms with Crippen LogP contribution in [0.5, 0.6) is 0 Å². The predicted molar refractivity (Wildman–Crippen MR) is 105 cm³/mol. The van der Waals surface area contributed by atoms with Crippen molar-refractivity contribution in [2.45, 2.75) is 19.9 Å². The highest BCUT2D eigenvalue weighted by Crippen LogP contribution is 2.35. The fourth-order valence-corrected chi connectivity index (χ4v) is 3.83. The number of aryl methyl sites for hydroxylation is 1. The first kappa shape index (κ1) is 17.3. The Balaban J connectivity index is 1.78. The number of carbonyl (C=O) groups is 2. The van der Waals surface area contributed by atoms with Gasteiger partial charge in [-0.15, -0.1) is 0 Å². The number of hydrogen-bond donors (Lipinski definition) is 1. The van der Waals surface area contributed by atoms with Gasteiger partial charge >= 0.3 is 0 Å². The summed E-state index contributed by atoms with van der Waals surface area (Å²) in [5.74, 6) is -0.112. The molecule has 2 amide bonds. The molecule has 1 aliphatic heterocycles. The molecule has 1 N–H and O–H groups in total. The van der Waals surface area contributed by atoms with Crippen LogP contribution < -0.4 is 5.32 Å². The Hall–Kier alpha value is -3.08. The molecule has 1 atom stereocenters. The number of aromatic nitrogens is 1. The van der Waals surface area contributed by atoms with E-state index >= 15 is 0 Å². The molecule has 0 spiro atoms. The Morgan fingerprint density at radius 3 is 2.59 bits per heavy atom. The van der Waals surface area contributed by atoms with Gasteiger partial charge in [-0.3, -0.25) is 14.5 Å². The summed E-state index contributed by atoms with van der Waals surface area (Å²) in [6.45, 7) is 2.66. The van der Waals surface area contributed by atoms with E-state index in [0.717, 1.165) is 28.8 Å². The molecule has 0 saturated heterocycles. The van der Waals surface area contributed by atoms with E-state index < -0.39 is 0 Å². The van der Waals surface area contributed by atoms with Gasteiger partial charge in [0.15, 0.2) is 0 Å². The molecule has 2 aromatic rings. The summed E-state index contributed by atoms with van der Waals surface area (Å²) in [7, 11) is 3.52. The van der Waals surface area contributed by atoms with Crippen molar-refractivity contribution in [3.63, 3.8) is 0 Å². The van der Waals surface area contributed by atoms with Gasteiger partial charge in [-0.25, -0.2) is 0 Å². The van der Waals surface area contributed by atoms with Crippen molar-refractivity contribution in [1.82, 2.24) is 14.8 Å². The largest absolute Gasteiger partial charge is 0.376 e. The number of allylic oxidation sites excluding steroid dienone is 1. The number of likely N-dealkylation sites (N-methyl/N-ethyl adjacent to an activating group) is 1. The van der Waals surface area contributed by atoms with Crippen LogP contribution in [0.2, 0.25) is 0 Å². The fourth-order valence-electron chi connectivity index (χ4n) is 3.83. The van der Waals surface area contributed by atoms with E-state index in [1.807, 2.05) is 48.1 Å². The molecular weight excluding hydrogens is 338 g/mol. The van der Waals surface area contributed by atoms with E-state index in [9.17, 15) is 9.59 Å². The first-order valence-corrected chi connectivity index (χ1v) is 9.18. The average Bonchev–Trinajstić information content (AvgIpc) is 3.09.